The summed E-state index contributed by atoms with van der Waals surface area (Å²) in [7, 11) is 0. The molecule has 7 heteroatoms. The number of para-hydroxylation sites is 1. The number of aromatic nitrogens is 4. The third kappa shape index (κ3) is 3.58. The van der Waals surface area contributed by atoms with E-state index >= 15 is 0 Å². The van der Waals surface area contributed by atoms with Gasteiger partial charge in [-0.05, 0) is 35.9 Å². The van der Waals surface area contributed by atoms with E-state index in [1.54, 1.807) is 0 Å². The summed E-state index contributed by atoms with van der Waals surface area (Å²) in [5, 5.41) is 15.3. The summed E-state index contributed by atoms with van der Waals surface area (Å²) in [4.78, 5) is 16.9. The van der Waals surface area contributed by atoms with Gasteiger partial charge in [-0.1, -0.05) is 30.7 Å². The number of nitrogens with zero attached hydrogens (tertiary/aromatic N) is 3. The van der Waals surface area contributed by atoms with E-state index in [2.05, 4.69) is 37.2 Å². The van der Waals surface area contributed by atoms with Gasteiger partial charge in [0.2, 0.25) is 0 Å². The van der Waals surface area contributed by atoms with Crippen LogP contribution in [-0.2, 0) is 19.4 Å². The second-order valence-corrected chi connectivity index (χ2v) is 8.45. The molecule has 2 N–H and O–H groups in total. The number of nitrogens with one attached hydrogen (secondary N) is 2. The molecular formula is C22H23N5OS. The predicted molar refractivity (Wildman–Crippen MR) is 114 cm³/mol. The highest BCUT2D eigenvalue weighted by Crippen LogP contribution is 2.26. The Labute approximate surface area is 173 Å². The highest BCUT2D eigenvalue weighted by atomic mass is 32.1. The molecule has 5 rings (SSSR count). The molecule has 6 nitrogen and oxygen atoms in total. The first kappa shape index (κ1) is 18.1. The smallest absolute Gasteiger partial charge is 0.261 e. The van der Waals surface area contributed by atoms with Gasteiger partial charge in [0.05, 0.1) is 10.9 Å². The minimum atomic E-state index is -0.233. The zero-order valence-corrected chi connectivity index (χ0v) is 16.9. The van der Waals surface area contributed by atoms with Gasteiger partial charge in [0.1, 0.15) is 5.82 Å². The van der Waals surface area contributed by atoms with E-state index in [4.69, 9.17) is 0 Å². The minimum Gasteiger partial charge on any atom is -0.361 e. The van der Waals surface area contributed by atoms with E-state index in [1.165, 1.54) is 28.7 Å². The van der Waals surface area contributed by atoms with Crippen molar-refractivity contribution in [3.8, 4) is 0 Å². The zero-order valence-electron chi connectivity index (χ0n) is 16.1. The largest absolute Gasteiger partial charge is 0.361 e. The Morgan fingerprint density at radius 1 is 1.17 bits per heavy atom. The maximum Gasteiger partial charge on any atom is 0.261 e. The molecular weight excluding hydrogens is 382 g/mol. The molecule has 1 amide bonds. The molecule has 4 heterocycles. The second-order valence-electron chi connectivity index (χ2n) is 7.50. The summed E-state index contributed by atoms with van der Waals surface area (Å²) in [6.07, 6.45) is 7.13. The van der Waals surface area contributed by atoms with Gasteiger partial charge in [-0.3, -0.25) is 4.79 Å². The fourth-order valence-corrected chi connectivity index (χ4v) is 4.76. The summed E-state index contributed by atoms with van der Waals surface area (Å²) in [5.41, 5.74) is 2.27. The van der Waals surface area contributed by atoms with Crippen molar-refractivity contribution >= 4 is 28.1 Å². The highest BCUT2D eigenvalue weighted by molar-refractivity contribution is 7.12. The Hall–Kier alpha value is -2.93. The van der Waals surface area contributed by atoms with Crippen LogP contribution in [0.1, 0.15) is 52.2 Å². The quantitative estimate of drug-likeness (QED) is 0.521. The van der Waals surface area contributed by atoms with Crippen molar-refractivity contribution < 1.29 is 4.79 Å². The van der Waals surface area contributed by atoms with E-state index in [1.807, 2.05) is 35.8 Å². The lowest BCUT2D eigenvalue weighted by Crippen LogP contribution is -2.31. The van der Waals surface area contributed by atoms with E-state index in [-0.39, 0.29) is 11.9 Å². The summed E-state index contributed by atoms with van der Waals surface area (Å²) in [6, 6.07) is 11.8. The van der Waals surface area contributed by atoms with Gasteiger partial charge in [0.25, 0.3) is 5.91 Å². The van der Waals surface area contributed by atoms with Crippen LogP contribution in [0.2, 0.25) is 0 Å². The lowest BCUT2D eigenvalue weighted by Gasteiger charge is -2.19. The second kappa shape index (κ2) is 7.83. The van der Waals surface area contributed by atoms with Crippen molar-refractivity contribution in [3.63, 3.8) is 0 Å². The first-order valence-corrected chi connectivity index (χ1v) is 11.0. The third-order valence-electron chi connectivity index (χ3n) is 5.60. The van der Waals surface area contributed by atoms with Crippen LogP contribution in [0.15, 0.2) is 48.0 Å². The number of rotatable bonds is 5. The van der Waals surface area contributed by atoms with Gasteiger partial charge in [0.15, 0.2) is 5.82 Å². The lowest BCUT2D eigenvalue weighted by molar-refractivity contribution is 0.0938. The maximum atomic E-state index is 12.9. The Morgan fingerprint density at radius 3 is 3.00 bits per heavy atom. The predicted octanol–water partition coefficient (Wildman–Crippen LogP) is 4.26. The first-order chi connectivity index (χ1) is 14.3. The number of fused-ring (bicyclic) bond motifs is 2. The molecule has 0 fully saturated rings. The molecule has 4 aromatic rings. The summed E-state index contributed by atoms with van der Waals surface area (Å²) in [6.45, 7) is 0.914. The molecule has 0 radical (unpaired) electrons. The molecule has 0 aliphatic carbocycles. The summed E-state index contributed by atoms with van der Waals surface area (Å²) in [5.74, 6) is 1.83. The number of amides is 1. The van der Waals surface area contributed by atoms with Crippen LogP contribution in [-0.4, -0.2) is 25.7 Å². The van der Waals surface area contributed by atoms with Gasteiger partial charge in [-0.2, -0.15) is 0 Å². The number of aromatic amines is 1. The van der Waals surface area contributed by atoms with Gasteiger partial charge in [-0.15, -0.1) is 21.5 Å². The van der Waals surface area contributed by atoms with Crippen LogP contribution in [0, 0.1) is 0 Å². The third-order valence-corrected chi connectivity index (χ3v) is 6.47. The number of carbonyl (C=O) groups is 1. The number of H-pyrrole nitrogens is 1. The Bertz CT molecular complexity index is 1130. The molecule has 1 atom stereocenters. The molecule has 29 heavy (non-hydrogen) atoms. The lowest BCUT2D eigenvalue weighted by atomic mass is 10.0. The number of thiophene rings is 1. The minimum absolute atomic E-state index is 0.0594. The molecule has 3 aromatic heterocycles. The van der Waals surface area contributed by atoms with Gasteiger partial charge >= 0.3 is 0 Å². The van der Waals surface area contributed by atoms with Crippen LogP contribution in [0.25, 0.3) is 10.9 Å². The van der Waals surface area contributed by atoms with Crippen molar-refractivity contribution in [2.24, 2.45) is 0 Å². The van der Waals surface area contributed by atoms with Crippen molar-refractivity contribution in [2.45, 2.75) is 44.7 Å². The van der Waals surface area contributed by atoms with E-state index in [9.17, 15) is 4.79 Å². The fourth-order valence-electron chi connectivity index (χ4n) is 4.13. The normalized spacial score (nSPS) is 15.0. The van der Waals surface area contributed by atoms with Crippen LogP contribution in [0.4, 0.5) is 0 Å². The topological polar surface area (TPSA) is 75.6 Å². The van der Waals surface area contributed by atoms with E-state index in [0.717, 1.165) is 43.0 Å². The molecule has 0 saturated carbocycles. The molecule has 1 aliphatic heterocycles. The molecule has 0 unspecified atom stereocenters. The van der Waals surface area contributed by atoms with E-state index < -0.39 is 0 Å². The standard InChI is InChI=1S/C22H23N5OS/c28-22(19-9-6-12-29-19)24-18(13-15-14-23-17-8-4-3-7-16(15)17)21-26-25-20-10-2-1-5-11-27(20)21/h3-4,6-9,12,14,18,23H,1-2,5,10-11,13H2,(H,24,28)/t18-/m0/s1. The monoisotopic (exact) mass is 405 g/mol. The fraction of sp³-hybridized carbons (Fsp3) is 0.318. The zero-order chi connectivity index (χ0) is 19.6. The molecule has 0 saturated heterocycles. The van der Waals surface area contributed by atoms with Crippen LogP contribution in [0.3, 0.4) is 0 Å². The van der Waals surface area contributed by atoms with Gasteiger partial charge in [-0.25, -0.2) is 0 Å². The Kier molecular flexibility index (Phi) is 4.89. The van der Waals surface area contributed by atoms with Crippen molar-refractivity contribution in [3.05, 3.63) is 70.1 Å². The first-order valence-electron chi connectivity index (χ1n) is 10.1. The summed E-state index contributed by atoms with van der Waals surface area (Å²) >= 11 is 1.45. The van der Waals surface area contributed by atoms with Crippen LogP contribution < -0.4 is 5.32 Å². The number of hydrogen-bond donors (Lipinski definition) is 2. The maximum absolute atomic E-state index is 12.9. The molecule has 148 valence electrons. The molecule has 0 spiro atoms. The number of benzene rings is 1. The van der Waals surface area contributed by atoms with Crippen LogP contribution >= 0.6 is 11.3 Å². The average molecular weight is 406 g/mol. The van der Waals surface area contributed by atoms with Gasteiger partial charge in [0, 0.05) is 36.5 Å². The van der Waals surface area contributed by atoms with Crippen LogP contribution in [0.5, 0.6) is 0 Å². The molecule has 1 aliphatic rings. The molecule has 1 aromatic carbocycles. The van der Waals surface area contributed by atoms with E-state index in [0.29, 0.717) is 11.3 Å². The Balaban J connectivity index is 1.51. The summed E-state index contributed by atoms with van der Waals surface area (Å²) < 4.78 is 2.22. The molecule has 0 bridgehead atoms. The van der Waals surface area contributed by atoms with Gasteiger partial charge < -0.3 is 14.9 Å². The Morgan fingerprint density at radius 2 is 2.10 bits per heavy atom. The van der Waals surface area contributed by atoms with Crippen molar-refractivity contribution in [2.75, 3.05) is 0 Å². The number of aryl methyl sites for hydroxylation is 1. The number of hydrogen-bond acceptors (Lipinski definition) is 4. The van der Waals surface area contributed by atoms with Crippen molar-refractivity contribution in [1.29, 1.82) is 0 Å². The number of carbonyl (C=O) groups excluding carboxylic acids is 1. The average Bonchev–Trinajstić information content (AvgIpc) is 3.46. The highest BCUT2D eigenvalue weighted by Gasteiger charge is 2.25. The SMILES string of the molecule is O=C(N[C@@H](Cc1c[nH]c2ccccc12)c1nnc2n1CCCCC2)c1cccs1. The van der Waals surface area contributed by atoms with Crippen molar-refractivity contribution in [1.82, 2.24) is 25.1 Å².